The average Bonchev–Trinajstić information content (AvgIpc) is 2.83. The third kappa shape index (κ3) is 4.69. The van der Waals surface area contributed by atoms with Crippen LogP contribution in [0.25, 0.3) is 0 Å². The first kappa shape index (κ1) is 19.6. The molecular formula is C19H29N3O2S. The molecule has 1 heterocycles. The minimum Gasteiger partial charge on any atom is -0.336 e. The van der Waals surface area contributed by atoms with Crippen LogP contribution in [0.4, 0.5) is 4.79 Å². The second-order valence-corrected chi connectivity index (χ2v) is 8.13. The molecule has 1 aromatic carbocycles. The number of hydrogen-bond donors (Lipinski definition) is 1. The smallest absolute Gasteiger partial charge is 0.317 e. The fourth-order valence-corrected chi connectivity index (χ4v) is 4.38. The second kappa shape index (κ2) is 8.61. The fourth-order valence-electron chi connectivity index (χ4n) is 2.98. The zero-order chi connectivity index (χ0) is 18.6. The van der Waals surface area contributed by atoms with E-state index in [2.05, 4.69) is 24.4 Å². The second-order valence-electron chi connectivity index (χ2n) is 6.70. The summed E-state index contributed by atoms with van der Waals surface area (Å²) in [5, 5.41) is 2.89. The normalized spacial score (nSPS) is 20.2. The van der Waals surface area contributed by atoms with Crippen LogP contribution in [0.1, 0.15) is 44.2 Å². The van der Waals surface area contributed by atoms with Gasteiger partial charge in [0.15, 0.2) is 0 Å². The molecule has 0 aliphatic carbocycles. The first-order valence-corrected chi connectivity index (χ1v) is 9.86. The van der Waals surface area contributed by atoms with E-state index < -0.39 is 0 Å². The van der Waals surface area contributed by atoms with Gasteiger partial charge in [-0.2, -0.15) is 0 Å². The van der Waals surface area contributed by atoms with Crippen LogP contribution in [-0.4, -0.2) is 52.7 Å². The van der Waals surface area contributed by atoms with Crippen molar-refractivity contribution in [3.05, 3.63) is 35.4 Å². The lowest BCUT2D eigenvalue weighted by molar-refractivity contribution is -0.129. The minimum atomic E-state index is -0.0720. The molecule has 1 aliphatic rings. The van der Waals surface area contributed by atoms with E-state index in [0.29, 0.717) is 19.6 Å². The van der Waals surface area contributed by atoms with Crippen molar-refractivity contribution >= 4 is 23.7 Å². The number of urea groups is 1. The van der Waals surface area contributed by atoms with E-state index in [1.54, 1.807) is 16.7 Å². The maximum Gasteiger partial charge on any atom is 0.317 e. The summed E-state index contributed by atoms with van der Waals surface area (Å²) in [6, 6.07) is 8.23. The van der Waals surface area contributed by atoms with Gasteiger partial charge in [0.05, 0.1) is 5.25 Å². The molecule has 1 saturated heterocycles. The number of nitrogens with zero attached hydrogens (tertiary/aromatic N) is 2. The molecule has 25 heavy (non-hydrogen) atoms. The van der Waals surface area contributed by atoms with Gasteiger partial charge in [0.2, 0.25) is 5.91 Å². The maximum atomic E-state index is 12.6. The van der Waals surface area contributed by atoms with Gasteiger partial charge in [-0.05, 0) is 45.7 Å². The number of aryl methyl sites for hydroxylation is 1. The molecule has 0 spiro atoms. The molecule has 1 fully saturated rings. The number of amides is 3. The van der Waals surface area contributed by atoms with Gasteiger partial charge in [-0.25, -0.2) is 4.79 Å². The lowest BCUT2D eigenvalue weighted by Gasteiger charge is -2.29. The van der Waals surface area contributed by atoms with Crippen molar-refractivity contribution in [1.82, 2.24) is 15.1 Å². The van der Waals surface area contributed by atoms with Crippen LogP contribution in [-0.2, 0) is 4.79 Å². The quantitative estimate of drug-likeness (QED) is 0.843. The highest BCUT2D eigenvalue weighted by Crippen LogP contribution is 2.43. The van der Waals surface area contributed by atoms with Gasteiger partial charge in [-0.3, -0.25) is 4.79 Å². The number of rotatable bonds is 6. The van der Waals surface area contributed by atoms with E-state index in [1.807, 2.05) is 44.7 Å². The van der Waals surface area contributed by atoms with E-state index in [0.717, 1.165) is 0 Å². The molecule has 0 bridgehead atoms. The highest BCUT2D eigenvalue weighted by atomic mass is 32.2. The molecule has 5 nitrogen and oxygen atoms in total. The Hall–Kier alpha value is -1.69. The van der Waals surface area contributed by atoms with Gasteiger partial charge in [-0.1, -0.05) is 24.3 Å². The van der Waals surface area contributed by atoms with Crippen molar-refractivity contribution in [3.8, 4) is 0 Å². The van der Waals surface area contributed by atoms with Crippen LogP contribution in [0.5, 0.6) is 0 Å². The Kier molecular flexibility index (Phi) is 6.76. The van der Waals surface area contributed by atoms with E-state index >= 15 is 0 Å². The third-order valence-corrected chi connectivity index (χ3v) is 5.77. The third-order valence-electron chi connectivity index (χ3n) is 4.39. The molecule has 0 radical (unpaired) electrons. The Bertz CT molecular complexity index is 620. The largest absolute Gasteiger partial charge is 0.336 e. The Morgan fingerprint density at radius 2 is 2.04 bits per heavy atom. The van der Waals surface area contributed by atoms with Gasteiger partial charge in [0, 0.05) is 25.7 Å². The van der Waals surface area contributed by atoms with Crippen molar-refractivity contribution in [1.29, 1.82) is 0 Å². The molecular weight excluding hydrogens is 334 g/mol. The molecule has 1 aliphatic heterocycles. The van der Waals surface area contributed by atoms with E-state index in [-0.39, 0.29) is 28.6 Å². The van der Waals surface area contributed by atoms with Crippen LogP contribution < -0.4 is 5.32 Å². The zero-order valence-electron chi connectivity index (χ0n) is 15.8. The molecule has 0 unspecified atom stereocenters. The number of thioether (sulfide) groups is 1. The highest BCUT2D eigenvalue weighted by molar-refractivity contribution is 8.01. The summed E-state index contributed by atoms with van der Waals surface area (Å²) in [7, 11) is 0. The molecule has 138 valence electrons. The number of likely N-dealkylation sites (N-methyl/N-ethyl adjacent to an activating group) is 1. The van der Waals surface area contributed by atoms with E-state index in [4.69, 9.17) is 0 Å². The SMILES string of the molecule is CCN(CCN1C(=O)[C@@H](C)S[C@H]1c1ccccc1C)C(=O)NC(C)C. The Labute approximate surface area is 155 Å². The maximum absolute atomic E-state index is 12.6. The predicted molar refractivity (Wildman–Crippen MR) is 104 cm³/mol. The van der Waals surface area contributed by atoms with Crippen LogP contribution in [0.15, 0.2) is 24.3 Å². The van der Waals surface area contributed by atoms with Gasteiger partial charge in [-0.15, -0.1) is 11.8 Å². The Morgan fingerprint density at radius 1 is 1.36 bits per heavy atom. The van der Waals surface area contributed by atoms with Crippen molar-refractivity contribution in [2.75, 3.05) is 19.6 Å². The summed E-state index contributed by atoms with van der Waals surface area (Å²) in [5.74, 6) is 0.151. The molecule has 2 rings (SSSR count). The monoisotopic (exact) mass is 363 g/mol. The lowest BCUT2D eigenvalue weighted by atomic mass is 10.1. The molecule has 1 N–H and O–H groups in total. The van der Waals surface area contributed by atoms with Crippen LogP contribution in [0.3, 0.4) is 0 Å². The van der Waals surface area contributed by atoms with Crippen LogP contribution >= 0.6 is 11.8 Å². The topological polar surface area (TPSA) is 52.7 Å². The molecule has 6 heteroatoms. The number of nitrogens with one attached hydrogen (secondary N) is 1. The van der Waals surface area contributed by atoms with Crippen LogP contribution in [0.2, 0.25) is 0 Å². The number of carbonyl (C=O) groups is 2. The fraction of sp³-hybridized carbons (Fsp3) is 0.579. The summed E-state index contributed by atoms with van der Waals surface area (Å²) < 4.78 is 0. The number of carbonyl (C=O) groups excluding carboxylic acids is 2. The van der Waals surface area contributed by atoms with E-state index in [1.165, 1.54) is 11.1 Å². The number of benzene rings is 1. The average molecular weight is 364 g/mol. The Morgan fingerprint density at radius 3 is 2.64 bits per heavy atom. The first-order chi connectivity index (χ1) is 11.8. The summed E-state index contributed by atoms with van der Waals surface area (Å²) in [6.45, 7) is 11.6. The predicted octanol–water partition coefficient (Wildman–Crippen LogP) is 3.40. The number of hydrogen-bond acceptors (Lipinski definition) is 3. The highest BCUT2D eigenvalue weighted by Gasteiger charge is 2.38. The minimum absolute atomic E-state index is 0.0237. The standard InChI is InChI=1S/C19H29N3O2S/c1-6-21(19(24)20-13(2)3)11-12-22-17(23)15(5)25-18(22)16-10-8-7-9-14(16)4/h7-10,13,15,18H,6,11-12H2,1-5H3,(H,20,24)/t15-,18+/m1/s1. The van der Waals surface area contributed by atoms with Gasteiger partial charge >= 0.3 is 6.03 Å². The van der Waals surface area contributed by atoms with Gasteiger partial charge in [0.1, 0.15) is 5.37 Å². The van der Waals surface area contributed by atoms with Crippen LogP contribution in [0, 0.1) is 6.92 Å². The summed E-state index contributed by atoms with van der Waals surface area (Å²) in [6.07, 6.45) is 0. The van der Waals surface area contributed by atoms with Crippen molar-refractivity contribution in [2.45, 2.75) is 51.3 Å². The molecule has 3 amide bonds. The molecule has 2 atom stereocenters. The zero-order valence-corrected chi connectivity index (χ0v) is 16.6. The summed E-state index contributed by atoms with van der Waals surface area (Å²) >= 11 is 1.68. The van der Waals surface area contributed by atoms with Crippen molar-refractivity contribution in [2.24, 2.45) is 0 Å². The Balaban J connectivity index is 2.11. The summed E-state index contributed by atoms with van der Waals surface area (Å²) in [5.41, 5.74) is 2.37. The van der Waals surface area contributed by atoms with E-state index in [9.17, 15) is 9.59 Å². The molecule has 0 saturated carbocycles. The molecule has 1 aromatic rings. The first-order valence-electron chi connectivity index (χ1n) is 8.92. The van der Waals surface area contributed by atoms with Gasteiger partial charge < -0.3 is 15.1 Å². The van der Waals surface area contributed by atoms with Crippen molar-refractivity contribution in [3.63, 3.8) is 0 Å². The summed E-state index contributed by atoms with van der Waals surface area (Å²) in [4.78, 5) is 28.6. The van der Waals surface area contributed by atoms with Gasteiger partial charge in [0.25, 0.3) is 0 Å². The molecule has 0 aromatic heterocycles. The lowest BCUT2D eigenvalue weighted by Crippen LogP contribution is -2.46. The van der Waals surface area contributed by atoms with Crippen molar-refractivity contribution < 1.29 is 9.59 Å².